The first-order valence-electron chi connectivity index (χ1n) is 9.31. The summed E-state index contributed by atoms with van der Waals surface area (Å²) in [5, 5.41) is 17.1. The number of aryl methyl sites for hydroxylation is 1. The van der Waals surface area contributed by atoms with E-state index >= 15 is 0 Å². The van der Waals surface area contributed by atoms with Gasteiger partial charge in [0.05, 0.1) is 11.0 Å². The Bertz CT molecular complexity index is 707. The van der Waals surface area contributed by atoms with Crippen LogP contribution in [-0.4, -0.2) is 42.2 Å². The lowest BCUT2D eigenvalue weighted by Gasteiger charge is -2.57. The Morgan fingerprint density at radius 1 is 1.41 bits per heavy atom. The fraction of sp³-hybridized carbons (Fsp3) is 0.632. The van der Waals surface area contributed by atoms with Crippen LogP contribution >= 0.6 is 0 Å². The molecule has 0 aliphatic heterocycles. The Labute approximate surface area is 160 Å². The lowest BCUT2D eigenvalue weighted by molar-refractivity contribution is -0.384. The van der Waals surface area contributed by atoms with Crippen LogP contribution in [0, 0.1) is 22.5 Å². The average Bonchev–Trinajstić information content (AvgIpc) is 2.61. The maximum Gasteiger partial charge on any atom is 0.292 e. The molecule has 0 heterocycles. The van der Waals surface area contributed by atoms with Crippen molar-refractivity contribution in [3.63, 3.8) is 0 Å². The SMILES string of the molecule is CCOC1CC(N)(C(=O)NCCCNc2ccc(C)cc2[N+](=O)[O-])C1(C)C. The number of carbonyl (C=O) groups is 1. The minimum Gasteiger partial charge on any atom is -0.379 e. The number of ether oxygens (including phenoxy) is 1. The van der Waals surface area contributed by atoms with Crippen molar-refractivity contribution >= 4 is 17.3 Å². The molecule has 0 aromatic heterocycles. The normalized spacial score (nSPS) is 23.4. The smallest absolute Gasteiger partial charge is 0.292 e. The van der Waals surface area contributed by atoms with Crippen molar-refractivity contribution in [2.75, 3.05) is 25.0 Å². The fourth-order valence-corrected chi connectivity index (χ4v) is 3.43. The number of nitrogens with zero attached hydrogens (tertiary/aromatic N) is 1. The van der Waals surface area contributed by atoms with Crippen LogP contribution in [0.2, 0.25) is 0 Å². The molecular formula is C19H30N4O4. The zero-order valence-electron chi connectivity index (χ0n) is 16.5. The Balaban J connectivity index is 1.80. The summed E-state index contributed by atoms with van der Waals surface area (Å²) in [7, 11) is 0. The topological polar surface area (TPSA) is 120 Å². The quantitative estimate of drug-likeness (QED) is 0.345. The summed E-state index contributed by atoms with van der Waals surface area (Å²) >= 11 is 0. The second kappa shape index (κ2) is 8.22. The zero-order chi connectivity index (χ0) is 20.2. The Morgan fingerprint density at radius 2 is 2.11 bits per heavy atom. The van der Waals surface area contributed by atoms with Gasteiger partial charge in [0.15, 0.2) is 0 Å². The molecule has 1 aromatic rings. The number of anilines is 1. The van der Waals surface area contributed by atoms with Crippen LogP contribution in [0.5, 0.6) is 0 Å². The monoisotopic (exact) mass is 378 g/mol. The number of nitro benzene ring substituents is 1. The van der Waals surface area contributed by atoms with Crippen molar-refractivity contribution < 1.29 is 14.5 Å². The average molecular weight is 378 g/mol. The van der Waals surface area contributed by atoms with Crippen molar-refractivity contribution in [2.24, 2.45) is 11.1 Å². The molecule has 1 aliphatic carbocycles. The molecule has 0 spiro atoms. The van der Waals surface area contributed by atoms with Gasteiger partial charge in [-0.1, -0.05) is 19.9 Å². The molecule has 1 fully saturated rings. The van der Waals surface area contributed by atoms with Gasteiger partial charge in [0, 0.05) is 37.6 Å². The van der Waals surface area contributed by atoms with E-state index in [4.69, 9.17) is 10.5 Å². The molecule has 2 rings (SSSR count). The van der Waals surface area contributed by atoms with Crippen molar-refractivity contribution in [3.8, 4) is 0 Å². The Kier molecular flexibility index (Phi) is 6.43. The van der Waals surface area contributed by atoms with E-state index in [1.807, 2.05) is 33.8 Å². The van der Waals surface area contributed by atoms with Crippen LogP contribution in [-0.2, 0) is 9.53 Å². The maximum absolute atomic E-state index is 12.5. The van der Waals surface area contributed by atoms with Crippen LogP contribution in [0.4, 0.5) is 11.4 Å². The van der Waals surface area contributed by atoms with Gasteiger partial charge >= 0.3 is 0 Å². The highest BCUT2D eigenvalue weighted by atomic mass is 16.6. The van der Waals surface area contributed by atoms with Gasteiger partial charge in [0.2, 0.25) is 5.91 Å². The number of nitro groups is 1. The minimum absolute atomic E-state index is 0.0120. The van der Waals surface area contributed by atoms with Gasteiger partial charge < -0.3 is 21.1 Å². The summed E-state index contributed by atoms with van der Waals surface area (Å²) < 4.78 is 5.64. The molecule has 2 unspecified atom stereocenters. The van der Waals surface area contributed by atoms with Gasteiger partial charge in [-0.25, -0.2) is 0 Å². The third-order valence-corrected chi connectivity index (χ3v) is 5.54. The standard InChI is InChI=1S/C19H30N4O4/c1-5-27-16-12-19(20,18(16,3)4)17(24)22-10-6-9-21-14-8-7-13(2)11-15(14)23(25)26/h7-8,11,16,21H,5-6,9-10,12,20H2,1-4H3,(H,22,24). The van der Waals surface area contributed by atoms with E-state index in [2.05, 4.69) is 10.6 Å². The number of hydrogen-bond donors (Lipinski definition) is 3. The van der Waals surface area contributed by atoms with Crippen LogP contribution in [0.3, 0.4) is 0 Å². The van der Waals surface area contributed by atoms with Crippen LogP contribution in [0.1, 0.15) is 39.2 Å². The molecule has 150 valence electrons. The fourth-order valence-electron chi connectivity index (χ4n) is 3.43. The van der Waals surface area contributed by atoms with E-state index in [0.29, 0.717) is 38.2 Å². The maximum atomic E-state index is 12.5. The van der Waals surface area contributed by atoms with Gasteiger partial charge in [-0.3, -0.25) is 14.9 Å². The lowest BCUT2D eigenvalue weighted by atomic mass is 9.54. The first kappa shape index (κ1) is 21.1. The van der Waals surface area contributed by atoms with Crippen LogP contribution < -0.4 is 16.4 Å². The summed E-state index contributed by atoms with van der Waals surface area (Å²) in [6.45, 7) is 9.20. The van der Waals surface area contributed by atoms with Crippen LogP contribution in [0.15, 0.2) is 18.2 Å². The van der Waals surface area contributed by atoms with Crippen molar-refractivity contribution in [1.29, 1.82) is 0 Å². The minimum atomic E-state index is -0.935. The third kappa shape index (κ3) is 4.22. The van der Waals surface area contributed by atoms with Gasteiger partial charge in [-0.15, -0.1) is 0 Å². The number of rotatable bonds is 9. The molecule has 2 atom stereocenters. The van der Waals surface area contributed by atoms with Gasteiger partial charge in [0.25, 0.3) is 5.69 Å². The highest BCUT2D eigenvalue weighted by Crippen LogP contribution is 2.49. The van der Waals surface area contributed by atoms with E-state index in [-0.39, 0.29) is 17.7 Å². The van der Waals surface area contributed by atoms with E-state index in [0.717, 1.165) is 5.56 Å². The second-order valence-corrected chi connectivity index (χ2v) is 7.66. The molecule has 0 saturated heterocycles. The van der Waals surface area contributed by atoms with E-state index < -0.39 is 15.9 Å². The summed E-state index contributed by atoms with van der Waals surface area (Å²) in [5.41, 5.74) is 6.34. The first-order valence-corrected chi connectivity index (χ1v) is 9.31. The summed E-state index contributed by atoms with van der Waals surface area (Å²) in [5.74, 6) is -0.176. The highest BCUT2D eigenvalue weighted by molar-refractivity contribution is 5.88. The van der Waals surface area contributed by atoms with Crippen molar-refractivity contribution in [2.45, 2.75) is 52.2 Å². The van der Waals surface area contributed by atoms with Gasteiger partial charge in [0.1, 0.15) is 11.2 Å². The van der Waals surface area contributed by atoms with Crippen molar-refractivity contribution in [1.82, 2.24) is 5.32 Å². The number of benzene rings is 1. The summed E-state index contributed by atoms with van der Waals surface area (Å²) in [6.07, 6.45) is 1.12. The Hall–Kier alpha value is -2.19. The second-order valence-electron chi connectivity index (χ2n) is 7.66. The van der Waals surface area contributed by atoms with E-state index in [9.17, 15) is 14.9 Å². The lowest BCUT2D eigenvalue weighted by Crippen LogP contribution is -2.75. The number of carbonyl (C=O) groups excluding carboxylic acids is 1. The van der Waals surface area contributed by atoms with Gasteiger partial charge in [-0.05, 0) is 31.9 Å². The molecule has 0 radical (unpaired) electrons. The largest absolute Gasteiger partial charge is 0.379 e. The van der Waals surface area contributed by atoms with E-state index in [1.165, 1.54) is 6.07 Å². The zero-order valence-corrected chi connectivity index (χ0v) is 16.5. The molecule has 1 amide bonds. The summed E-state index contributed by atoms with van der Waals surface area (Å²) in [4.78, 5) is 23.2. The molecule has 0 bridgehead atoms. The number of hydrogen-bond acceptors (Lipinski definition) is 6. The Morgan fingerprint density at radius 3 is 2.70 bits per heavy atom. The molecule has 1 aliphatic rings. The number of amides is 1. The van der Waals surface area contributed by atoms with Gasteiger partial charge in [-0.2, -0.15) is 0 Å². The predicted octanol–water partition coefficient (Wildman–Crippen LogP) is 2.35. The molecule has 27 heavy (non-hydrogen) atoms. The van der Waals surface area contributed by atoms with Crippen molar-refractivity contribution in [3.05, 3.63) is 33.9 Å². The molecule has 4 N–H and O–H groups in total. The molecular weight excluding hydrogens is 348 g/mol. The first-order chi connectivity index (χ1) is 12.6. The molecule has 1 saturated carbocycles. The summed E-state index contributed by atoms with van der Waals surface area (Å²) in [6, 6.07) is 5.06. The predicted molar refractivity (Wildman–Crippen MR) is 105 cm³/mol. The van der Waals surface area contributed by atoms with E-state index in [1.54, 1.807) is 6.07 Å². The molecule has 8 nitrogen and oxygen atoms in total. The van der Waals surface area contributed by atoms with Crippen LogP contribution in [0.25, 0.3) is 0 Å². The molecule has 8 heteroatoms. The number of nitrogens with one attached hydrogen (secondary N) is 2. The highest BCUT2D eigenvalue weighted by Gasteiger charge is 2.62. The third-order valence-electron chi connectivity index (χ3n) is 5.54. The number of nitrogens with two attached hydrogens (primary N) is 1. The molecule has 1 aromatic carbocycles.